The van der Waals surface area contributed by atoms with Crippen LogP contribution in [0.5, 0.6) is 0 Å². The van der Waals surface area contributed by atoms with E-state index in [0.717, 1.165) is 12.2 Å². The van der Waals surface area contributed by atoms with E-state index in [1.807, 2.05) is 11.7 Å². The van der Waals surface area contributed by atoms with Crippen LogP contribution in [-0.2, 0) is 13.6 Å². The Bertz CT molecular complexity index is 796. The van der Waals surface area contributed by atoms with Gasteiger partial charge in [-0.2, -0.15) is 5.10 Å². The number of rotatable bonds is 4. The summed E-state index contributed by atoms with van der Waals surface area (Å²) < 4.78 is 1.95. The Kier molecular flexibility index (Phi) is 3.99. The average molecular weight is 293 g/mol. The lowest BCUT2D eigenvalue weighted by atomic mass is 9.99. The Morgan fingerprint density at radius 3 is 2.55 bits per heavy atom. The zero-order valence-electron chi connectivity index (χ0n) is 13.7. The van der Waals surface area contributed by atoms with Crippen LogP contribution in [-0.4, -0.2) is 9.78 Å². The van der Waals surface area contributed by atoms with Gasteiger partial charge in [0.1, 0.15) is 0 Å². The number of fused-ring (bicyclic) bond motifs is 1. The molecule has 1 N–H and O–H groups in total. The second-order valence-corrected chi connectivity index (χ2v) is 5.94. The van der Waals surface area contributed by atoms with Crippen LogP contribution in [0.2, 0.25) is 0 Å². The minimum atomic E-state index is 0.296. The second kappa shape index (κ2) is 5.93. The summed E-state index contributed by atoms with van der Waals surface area (Å²) in [5.41, 5.74) is 4.99. The van der Waals surface area contributed by atoms with Gasteiger partial charge < -0.3 is 5.32 Å². The maximum absolute atomic E-state index is 4.49. The zero-order valence-corrected chi connectivity index (χ0v) is 13.7. The molecule has 0 amide bonds. The molecule has 3 aromatic rings. The van der Waals surface area contributed by atoms with Crippen molar-refractivity contribution >= 4 is 10.8 Å². The van der Waals surface area contributed by atoms with E-state index in [0.29, 0.717) is 6.04 Å². The molecule has 1 heterocycles. The van der Waals surface area contributed by atoms with E-state index in [2.05, 4.69) is 73.7 Å². The van der Waals surface area contributed by atoms with Gasteiger partial charge in [-0.1, -0.05) is 42.5 Å². The molecule has 3 rings (SSSR count). The number of hydrogen-bond donors (Lipinski definition) is 1. The SMILES string of the molecule is Cc1nn(C)c(C)c1CN[C@@H](C)c1cccc2ccccc12. The highest BCUT2D eigenvalue weighted by Crippen LogP contribution is 2.24. The highest BCUT2D eigenvalue weighted by molar-refractivity contribution is 5.86. The van der Waals surface area contributed by atoms with Crippen molar-refractivity contribution < 1.29 is 0 Å². The van der Waals surface area contributed by atoms with Crippen molar-refractivity contribution in [3.05, 3.63) is 65.0 Å². The molecule has 22 heavy (non-hydrogen) atoms. The van der Waals surface area contributed by atoms with Gasteiger partial charge in [0.2, 0.25) is 0 Å². The molecule has 0 saturated heterocycles. The fourth-order valence-electron chi connectivity index (χ4n) is 3.07. The van der Waals surface area contributed by atoms with E-state index in [1.54, 1.807) is 0 Å². The van der Waals surface area contributed by atoms with E-state index in [4.69, 9.17) is 0 Å². The summed E-state index contributed by atoms with van der Waals surface area (Å²) in [5.74, 6) is 0. The highest BCUT2D eigenvalue weighted by Gasteiger charge is 2.12. The largest absolute Gasteiger partial charge is 0.306 e. The first-order chi connectivity index (χ1) is 10.6. The van der Waals surface area contributed by atoms with E-state index in [9.17, 15) is 0 Å². The number of aromatic nitrogens is 2. The quantitative estimate of drug-likeness (QED) is 0.786. The number of benzene rings is 2. The maximum atomic E-state index is 4.49. The normalized spacial score (nSPS) is 12.7. The predicted octanol–water partition coefficient (Wildman–Crippen LogP) is 4.04. The molecular formula is C19H23N3. The molecule has 0 fully saturated rings. The minimum Gasteiger partial charge on any atom is -0.306 e. The average Bonchev–Trinajstić information content (AvgIpc) is 2.77. The number of nitrogens with one attached hydrogen (secondary N) is 1. The third-order valence-electron chi connectivity index (χ3n) is 4.53. The first kappa shape index (κ1) is 14.8. The van der Waals surface area contributed by atoms with Gasteiger partial charge in [0.25, 0.3) is 0 Å². The highest BCUT2D eigenvalue weighted by atomic mass is 15.3. The van der Waals surface area contributed by atoms with Crippen molar-refractivity contribution in [2.24, 2.45) is 7.05 Å². The molecule has 0 spiro atoms. The van der Waals surface area contributed by atoms with Crippen molar-refractivity contribution in [1.29, 1.82) is 0 Å². The molecule has 0 aliphatic rings. The third-order valence-corrected chi connectivity index (χ3v) is 4.53. The lowest BCUT2D eigenvalue weighted by Gasteiger charge is -2.17. The van der Waals surface area contributed by atoms with E-state index in [1.165, 1.54) is 27.6 Å². The molecule has 0 bridgehead atoms. The number of nitrogens with zero attached hydrogens (tertiary/aromatic N) is 2. The molecule has 0 aliphatic carbocycles. The lowest BCUT2D eigenvalue weighted by Crippen LogP contribution is -2.19. The fourth-order valence-corrected chi connectivity index (χ4v) is 3.07. The molecule has 1 atom stereocenters. The second-order valence-electron chi connectivity index (χ2n) is 5.94. The van der Waals surface area contributed by atoms with Crippen LogP contribution >= 0.6 is 0 Å². The van der Waals surface area contributed by atoms with Crippen LogP contribution in [0.1, 0.15) is 35.5 Å². The van der Waals surface area contributed by atoms with Gasteiger partial charge in [0, 0.05) is 30.9 Å². The van der Waals surface area contributed by atoms with Gasteiger partial charge >= 0.3 is 0 Å². The summed E-state index contributed by atoms with van der Waals surface area (Å²) >= 11 is 0. The van der Waals surface area contributed by atoms with E-state index >= 15 is 0 Å². The van der Waals surface area contributed by atoms with Crippen molar-refractivity contribution in [3.8, 4) is 0 Å². The summed E-state index contributed by atoms with van der Waals surface area (Å²) in [7, 11) is 2.00. The van der Waals surface area contributed by atoms with Crippen LogP contribution in [0.4, 0.5) is 0 Å². The smallest absolute Gasteiger partial charge is 0.0641 e. The molecule has 2 aromatic carbocycles. The topological polar surface area (TPSA) is 29.9 Å². The maximum Gasteiger partial charge on any atom is 0.0641 e. The minimum absolute atomic E-state index is 0.296. The van der Waals surface area contributed by atoms with Crippen LogP contribution in [0, 0.1) is 13.8 Å². The Morgan fingerprint density at radius 1 is 1.09 bits per heavy atom. The predicted molar refractivity (Wildman–Crippen MR) is 91.9 cm³/mol. The van der Waals surface area contributed by atoms with Crippen LogP contribution < -0.4 is 5.32 Å². The molecule has 114 valence electrons. The molecule has 0 unspecified atom stereocenters. The Hall–Kier alpha value is -2.13. The van der Waals surface area contributed by atoms with Gasteiger partial charge in [0.15, 0.2) is 0 Å². The van der Waals surface area contributed by atoms with Crippen molar-refractivity contribution in [3.63, 3.8) is 0 Å². The van der Waals surface area contributed by atoms with Gasteiger partial charge in [-0.05, 0) is 37.1 Å². The summed E-state index contributed by atoms with van der Waals surface area (Å²) in [5, 5.41) is 10.8. The van der Waals surface area contributed by atoms with Gasteiger partial charge in [-0.25, -0.2) is 0 Å². The Balaban J connectivity index is 1.83. The Labute approximate surface area is 132 Å². The fraction of sp³-hybridized carbons (Fsp3) is 0.316. The molecule has 1 aromatic heterocycles. The van der Waals surface area contributed by atoms with Gasteiger partial charge in [-0.3, -0.25) is 4.68 Å². The van der Waals surface area contributed by atoms with Crippen molar-refractivity contribution in [2.75, 3.05) is 0 Å². The molecule has 3 nitrogen and oxygen atoms in total. The summed E-state index contributed by atoms with van der Waals surface area (Å²) in [6.07, 6.45) is 0. The molecule has 0 aliphatic heterocycles. The first-order valence-electron chi connectivity index (χ1n) is 7.78. The first-order valence-corrected chi connectivity index (χ1v) is 7.78. The van der Waals surface area contributed by atoms with Crippen molar-refractivity contribution in [2.45, 2.75) is 33.4 Å². The number of aryl methyl sites for hydroxylation is 2. The molecule has 0 radical (unpaired) electrons. The summed E-state index contributed by atoms with van der Waals surface area (Å²) in [6, 6.07) is 15.4. The van der Waals surface area contributed by atoms with E-state index in [-0.39, 0.29) is 0 Å². The zero-order chi connectivity index (χ0) is 15.7. The molecule has 3 heteroatoms. The molecular weight excluding hydrogens is 270 g/mol. The summed E-state index contributed by atoms with van der Waals surface area (Å²) in [4.78, 5) is 0. The third kappa shape index (κ3) is 2.64. The van der Waals surface area contributed by atoms with Crippen LogP contribution in [0.3, 0.4) is 0 Å². The van der Waals surface area contributed by atoms with Crippen LogP contribution in [0.25, 0.3) is 10.8 Å². The Morgan fingerprint density at radius 2 is 1.82 bits per heavy atom. The monoisotopic (exact) mass is 293 g/mol. The van der Waals surface area contributed by atoms with E-state index < -0.39 is 0 Å². The van der Waals surface area contributed by atoms with Gasteiger partial charge in [-0.15, -0.1) is 0 Å². The van der Waals surface area contributed by atoms with Crippen molar-refractivity contribution in [1.82, 2.24) is 15.1 Å². The van der Waals surface area contributed by atoms with Gasteiger partial charge in [0.05, 0.1) is 5.69 Å². The van der Waals surface area contributed by atoms with Crippen LogP contribution in [0.15, 0.2) is 42.5 Å². The lowest BCUT2D eigenvalue weighted by molar-refractivity contribution is 0.575. The molecule has 0 saturated carbocycles. The standard InChI is InChI=1S/C19H23N3/c1-13(20-12-19-14(2)21-22(4)15(19)3)17-11-7-9-16-8-5-6-10-18(16)17/h5-11,13,20H,12H2,1-4H3/t13-/m0/s1. The summed E-state index contributed by atoms with van der Waals surface area (Å²) in [6.45, 7) is 7.27. The number of hydrogen-bond acceptors (Lipinski definition) is 2.